The van der Waals surface area contributed by atoms with Crippen LogP contribution in [0.15, 0.2) is 88.7 Å². The molecule has 0 aliphatic heterocycles. The third-order valence-corrected chi connectivity index (χ3v) is 6.36. The lowest BCUT2D eigenvalue weighted by molar-refractivity contribution is 0.598. The minimum atomic E-state index is -3.88. The number of benzene rings is 3. The van der Waals surface area contributed by atoms with Crippen molar-refractivity contribution in [2.75, 3.05) is 9.44 Å². The van der Waals surface area contributed by atoms with Gasteiger partial charge in [0.15, 0.2) is 0 Å². The molecule has 0 saturated carbocycles. The average Bonchev–Trinajstić information content (AvgIpc) is 2.64. The number of nitrogens with one attached hydrogen (secondary N) is 2. The highest BCUT2D eigenvalue weighted by Crippen LogP contribution is 2.21. The van der Waals surface area contributed by atoms with Gasteiger partial charge in [-0.2, -0.15) is 0 Å². The van der Waals surface area contributed by atoms with Crippen molar-refractivity contribution in [2.24, 2.45) is 0 Å². The van der Waals surface area contributed by atoms with E-state index >= 15 is 0 Å². The van der Waals surface area contributed by atoms with Gasteiger partial charge in [0.2, 0.25) is 0 Å². The van der Waals surface area contributed by atoms with E-state index in [-0.39, 0.29) is 21.2 Å². The maximum absolute atomic E-state index is 12.9. The summed E-state index contributed by atoms with van der Waals surface area (Å²) in [6.07, 6.45) is 0. The highest BCUT2D eigenvalue weighted by molar-refractivity contribution is 7.93. The van der Waals surface area contributed by atoms with Crippen LogP contribution in [0.3, 0.4) is 0 Å². The maximum Gasteiger partial charge on any atom is 0.261 e. The fraction of sp³-hybridized carbons (Fsp3) is 0. The van der Waals surface area contributed by atoms with Crippen molar-refractivity contribution < 1.29 is 21.2 Å². The largest absolute Gasteiger partial charge is 0.280 e. The molecule has 0 spiro atoms. The molecule has 6 nitrogen and oxygen atoms in total. The van der Waals surface area contributed by atoms with Crippen LogP contribution in [0, 0.1) is 5.82 Å². The van der Waals surface area contributed by atoms with E-state index in [1.54, 1.807) is 18.2 Å². The van der Waals surface area contributed by atoms with Gasteiger partial charge in [0.1, 0.15) is 5.82 Å². The molecule has 9 heteroatoms. The Kier molecular flexibility index (Phi) is 5.15. The number of anilines is 2. The normalized spacial score (nSPS) is 11.7. The Bertz CT molecular complexity index is 1130. The summed E-state index contributed by atoms with van der Waals surface area (Å²) in [7, 11) is -7.61. The van der Waals surface area contributed by atoms with E-state index in [9.17, 15) is 21.2 Å². The average molecular weight is 406 g/mol. The van der Waals surface area contributed by atoms with E-state index in [2.05, 4.69) is 9.44 Å². The summed E-state index contributed by atoms with van der Waals surface area (Å²) in [4.78, 5) is 0.0313. The fourth-order valence-corrected chi connectivity index (χ4v) is 4.39. The lowest BCUT2D eigenvalue weighted by atomic mass is 10.3. The fourth-order valence-electron chi connectivity index (χ4n) is 2.25. The van der Waals surface area contributed by atoms with Gasteiger partial charge in [-0.05, 0) is 60.7 Å². The Morgan fingerprint density at radius 2 is 0.963 bits per heavy atom. The minimum absolute atomic E-state index is 0.0854. The van der Waals surface area contributed by atoms with Crippen molar-refractivity contribution in [3.05, 3.63) is 84.7 Å². The van der Waals surface area contributed by atoms with Gasteiger partial charge in [0.05, 0.1) is 9.79 Å². The molecule has 0 unspecified atom stereocenters. The molecule has 0 radical (unpaired) electrons. The van der Waals surface area contributed by atoms with Crippen molar-refractivity contribution in [2.45, 2.75) is 9.79 Å². The van der Waals surface area contributed by atoms with Crippen LogP contribution in [0.4, 0.5) is 15.8 Å². The highest BCUT2D eigenvalue weighted by Gasteiger charge is 2.15. The lowest BCUT2D eigenvalue weighted by Gasteiger charge is -2.10. The maximum atomic E-state index is 12.9. The van der Waals surface area contributed by atoms with Crippen molar-refractivity contribution in [3.8, 4) is 0 Å². The highest BCUT2D eigenvalue weighted by atomic mass is 32.2. The van der Waals surface area contributed by atoms with Gasteiger partial charge in [-0.1, -0.05) is 18.2 Å². The molecule has 3 aromatic rings. The van der Waals surface area contributed by atoms with Gasteiger partial charge in [-0.3, -0.25) is 9.44 Å². The van der Waals surface area contributed by atoms with Crippen LogP contribution < -0.4 is 9.44 Å². The van der Waals surface area contributed by atoms with Gasteiger partial charge >= 0.3 is 0 Å². The van der Waals surface area contributed by atoms with E-state index in [0.717, 1.165) is 24.3 Å². The predicted octanol–water partition coefficient (Wildman–Crippen LogP) is 3.43. The van der Waals surface area contributed by atoms with Crippen LogP contribution in [0.5, 0.6) is 0 Å². The molecule has 0 aromatic heterocycles. The van der Waals surface area contributed by atoms with Crippen molar-refractivity contribution in [3.63, 3.8) is 0 Å². The quantitative estimate of drug-likeness (QED) is 0.656. The third-order valence-electron chi connectivity index (χ3n) is 3.57. The number of hydrogen-bond donors (Lipinski definition) is 2. The van der Waals surface area contributed by atoms with Gasteiger partial charge in [-0.15, -0.1) is 0 Å². The van der Waals surface area contributed by atoms with Crippen LogP contribution in [0.2, 0.25) is 0 Å². The van der Waals surface area contributed by atoms with E-state index in [1.165, 1.54) is 36.4 Å². The summed E-state index contributed by atoms with van der Waals surface area (Å²) in [5.41, 5.74) is 0.519. The molecule has 0 aliphatic carbocycles. The standard InChI is InChI=1S/C18H15FN2O4S2/c19-14-6-12-18(13-7-14)27(24,25)21-16-10-8-15(9-11-16)20-26(22,23)17-4-2-1-3-5-17/h1-13,20-21H. The number of sulfonamides is 2. The predicted molar refractivity (Wildman–Crippen MR) is 101 cm³/mol. The Morgan fingerprint density at radius 1 is 0.556 bits per heavy atom. The molecule has 3 rings (SSSR count). The zero-order valence-corrected chi connectivity index (χ0v) is 15.5. The van der Waals surface area contributed by atoms with E-state index in [4.69, 9.17) is 0 Å². The van der Waals surface area contributed by atoms with Gasteiger partial charge in [-0.25, -0.2) is 21.2 Å². The first-order valence-corrected chi connectivity index (χ1v) is 10.7. The molecule has 0 fully saturated rings. The van der Waals surface area contributed by atoms with Crippen LogP contribution >= 0.6 is 0 Å². The molecular formula is C18H15FN2O4S2. The minimum Gasteiger partial charge on any atom is -0.280 e. The Morgan fingerprint density at radius 3 is 1.41 bits per heavy atom. The summed E-state index contributed by atoms with van der Waals surface area (Å²) in [6.45, 7) is 0. The summed E-state index contributed by atoms with van der Waals surface area (Å²) in [5, 5.41) is 0. The topological polar surface area (TPSA) is 92.3 Å². The molecule has 0 bridgehead atoms. The first-order chi connectivity index (χ1) is 12.8. The van der Waals surface area contributed by atoms with E-state index < -0.39 is 25.9 Å². The van der Waals surface area contributed by atoms with Crippen molar-refractivity contribution in [1.29, 1.82) is 0 Å². The second kappa shape index (κ2) is 7.37. The first kappa shape index (κ1) is 18.9. The van der Waals surface area contributed by atoms with Gasteiger partial charge in [0.25, 0.3) is 20.0 Å². The summed E-state index contributed by atoms with van der Waals surface area (Å²) < 4.78 is 66.8. The molecule has 0 aliphatic rings. The molecule has 2 N–H and O–H groups in total. The summed E-state index contributed by atoms with van der Waals surface area (Å²) >= 11 is 0. The first-order valence-electron chi connectivity index (χ1n) is 7.73. The van der Waals surface area contributed by atoms with Crippen molar-refractivity contribution in [1.82, 2.24) is 0 Å². The van der Waals surface area contributed by atoms with Crippen LogP contribution in [0.25, 0.3) is 0 Å². The SMILES string of the molecule is O=S(=O)(Nc1ccc(NS(=O)(=O)c2ccc(F)cc2)cc1)c1ccccc1. The third kappa shape index (κ3) is 4.63. The Hall–Kier alpha value is -2.91. The second-order valence-electron chi connectivity index (χ2n) is 5.56. The number of rotatable bonds is 6. The molecule has 3 aromatic carbocycles. The zero-order valence-electron chi connectivity index (χ0n) is 13.8. The second-order valence-corrected chi connectivity index (χ2v) is 8.92. The molecule has 0 amide bonds. The number of hydrogen-bond acceptors (Lipinski definition) is 4. The lowest BCUT2D eigenvalue weighted by Crippen LogP contribution is -2.14. The van der Waals surface area contributed by atoms with E-state index in [0.29, 0.717) is 0 Å². The molecule has 0 saturated heterocycles. The number of halogens is 1. The van der Waals surface area contributed by atoms with Crippen LogP contribution in [-0.2, 0) is 20.0 Å². The molecule has 27 heavy (non-hydrogen) atoms. The van der Waals surface area contributed by atoms with E-state index in [1.807, 2.05) is 0 Å². The monoisotopic (exact) mass is 406 g/mol. The molecule has 140 valence electrons. The summed E-state index contributed by atoms with van der Waals surface area (Å²) in [5.74, 6) is -0.538. The van der Waals surface area contributed by atoms with Crippen LogP contribution in [-0.4, -0.2) is 16.8 Å². The molecule has 0 heterocycles. The molecule has 0 atom stereocenters. The van der Waals surface area contributed by atoms with Crippen molar-refractivity contribution >= 4 is 31.4 Å². The smallest absolute Gasteiger partial charge is 0.261 e. The summed E-state index contributed by atoms with van der Waals surface area (Å²) in [6, 6.07) is 18.0. The van der Waals surface area contributed by atoms with Crippen LogP contribution in [0.1, 0.15) is 0 Å². The zero-order chi connectivity index (χ0) is 19.5. The Labute approximate surface area is 156 Å². The van der Waals surface area contributed by atoms with Gasteiger partial charge < -0.3 is 0 Å². The van der Waals surface area contributed by atoms with Gasteiger partial charge in [0, 0.05) is 11.4 Å². The Balaban J connectivity index is 1.75. The molecular weight excluding hydrogens is 391 g/mol.